The van der Waals surface area contributed by atoms with Crippen molar-refractivity contribution in [3.05, 3.63) is 54.6 Å². The lowest BCUT2D eigenvalue weighted by atomic mass is 10.0. The lowest BCUT2D eigenvalue weighted by Gasteiger charge is -2.35. The molecular weight excluding hydrogens is 402 g/mol. The summed E-state index contributed by atoms with van der Waals surface area (Å²) in [5.41, 5.74) is 1.67. The van der Waals surface area contributed by atoms with Crippen LogP contribution in [0.5, 0.6) is 0 Å². The number of nitrogens with one attached hydrogen (secondary N) is 2. The van der Waals surface area contributed by atoms with Crippen molar-refractivity contribution in [1.82, 2.24) is 5.32 Å². The van der Waals surface area contributed by atoms with Gasteiger partial charge in [0.25, 0.3) is 10.0 Å². The minimum atomic E-state index is -3.57. The van der Waals surface area contributed by atoms with Gasteiger partial charge in [0, 0.05) is 37.1 Å². The molecule has 2 aromatic rings. The van der Waals surface area contributed by atoms with Crippen LogP contribution < -0.4 is 14.9 Å². The summed E-state index contributed by atoms with van der Waals surface area (Å²) in [6.45, 7) is 4.82. The Balaban J connectivity index is 1.26. The molecule has 2 aromatic carbocycles. The maximum Gasteiger partial charge on any atom is 0.261 e. The molecule has 162 valence electrons. The first-order valence-corrected chi connectivity index (χ1v) is 11.9. The summed E-state index contributed by atoms with van der Waals surface area (Å²) in [7, 11) is -3.57. The molecule has 8 heteroatoms. The summed E-state index contributed by atoms with van der Waals surface area (Å²) < 4.78 is 38.7. The van der Waals surface area contributed by atoms with E-state index in [1.807, 2.05) is 24.3 Å². The van der Waals surface area contributed by atoms with E-state index in [1.165, 1.54) is 0 Å². The van der Waals surface area contributed by atoms with Gasteiger partial charge in [-0.3, -0.25) is 4.72 Å². The smallest absolute Gasteiger partial charge is 0.261 e. The first-order valence-electron chi connectivity index (χ1n) is 10.5. The quantitative estimate of drug-likeness (QED) is 0.701. The monoisotopic (exact) mass is 431 g/mol. The molecule has 0 radical (unpaired) electrons. The lowest BCUT2D eigenvalue weighted by Crippen LogP contribution is -2.46. The summed E-state index contributed by atoms with van der Waals surface area (Å²) in [6.07, 6.45) is 2.29. The first kappa shape index (κ1) is 21.1. The van der Waals surface area contributed by atoms with Crippen molar-refractivity contribution in [1.29, 1.82) is 0 Å². The number of anilines is 2. The fraction of sp³-hybridized carbons (Fsp3) is 0.455. The largest absolute Gasteiger partial charge is 0.376 e. The number of sulfonamides is 1. The molecule has 2 saturated heterocycles. The Morgan fingerprint density at radius 3 is 2.37 bits per heavy atom. The third kappa shape index (κ3) is 5.51. The highest BCUT2D eigenvalue weighted by molar-refractivity contribution is 7.92. The van der Waals surface area contributed by atoms with Crippen molar-refractivity contribution in [2.24, 2.45) is 0 Å². The standard InChI is InChI=1S/C22H29N3O4S/c26-30(27,22-4-2-1-3-5-22)24-19-6-8-20(9-7-19)25-12-10-18(11-13-25)23-16-21-17-28-14-15-29-21/h1-9,18,21,23-24H,10-17H2. The van der Waals surface area contributed by atoms with Crippen LogP contribution in [-0.2, 0) is 19.5 Å². The average molecular weight is 432 g/mol. The molecular formula is C22H29N3O4S. The van der Waals surface area contributed by atoms with Gasteiger partial charge < -0.3 is 19.7 Å². The molecule has 0 aliphatic carbocycles. The molecule has 0 saturated carbocycles. The number of piperidine rings is 1. The van der Waals surface area contributed by atoms with Crippen LogP contribution >= 0.6 is 0 Å². The minimum Gasteiger partial charge on any atom is -0.376 e. The molecule has 2 N–H and O–H groups in total. The predicted molar refractivity (Wildman–Crippen MR) is 117 cm³/mol. The molecule has 0 aromatic heterocycles. The van der Waals surface area contributed by atoms with Crippen LogP contribution in [0.1, 0.15) is 12.8 Å². The Morgan fingerprint density at radius 2 is 1.70 bits per heavy atom. The molecule has 7 nitrogen and oxygen atoms in total. The fourth-order valence-corrected chi connectivity index (χ4v) is 4.93. The van der Waals surface area contributed by atoms with Gasteiger partial charge in [0.05, 0.1) is 30.8 Å². The van der Waals surface area contributed by atoms with Gasteiger partial charge in [-0.2, -0.15) is 0 Å². The molecule has 0 spiro atoms. The maximum atomic E-state index is 12.5. The number of nitrogens with zero attached hydrogens (tertiary/aromatic N) is 1. The lowest BCUT2D eigenvalue weighted by molar-refractivity contribution is -0.0872. The highest BCUT2D eigenvalue weighted by Crippen LogP contribution is 2.23. The molecule has 2 aliphatic rings. The van der Waals surface area contributed by atoms with E-state index < -0.39 is 10.0 Å². The van der Waals surface area contributed by atoms with Crippen LogP contribution in [0, 0.1) is 0 Å². The highest BCUT2D eigenvalue weighted by Gasteiger charge is 2.22. The summed E-state index contributed by atoms with van der Waals surface area (Å²) in [5.74, 6) is 0. The highest BCUT2D eigenvalue weighted by atomic mass is 32.2. The molecule has 2 heterocycles. The summed E-state index contributed by atoms with van der Waals surface area (Å²) in [5, 5.41) is 3.61. The Kier molecular flexibility index (Phi) is 6.89. The van der Waals surface area contributed by atoms with Crippen LogP contribution in [-0.4, -0.2) is 60.0 Å². The SMILES string of the molecule is O=S(=O)(Nc1ccc(N2CCC(NCC3COCCO3)CC2)cc1)c1ccccc1. The molecule has 1 atom stereocenters. The molecule has 1 unspecified atom stereocenters. The normalized spacial score (nSPS) is 20.8. The second-order valence-corrected chi connectivity index (χ2v) is 9.39. The Morgan fingerprint density at radius 1 is 0.967 bits per heavy atom. The summed E-state index contributed by atoms with van der Waals surface area (Å²) in [4.78, 5) is 2.60. The van der Waals surface area contributed by atoms with E-state index in [0.717, 1.165) is 38.2 Å². The zero-order chi connectivity index (χ0) is 20.8. The van der Waals surface area contributed by atoms with E-state index >= 15 is 0 Å². The van der Waals surface area contributed by atoms with Gasteiger partial charge in [0.15, 0.2) is 0 Å². The zero-order valence-electron chi connectivity index (χ0n) is 17.0. The Bertz CT molecular complexity index is 892. The van der Waals surface area contributed by atoms with Crippen molar-refractivity contribution < 1.29 is 17.9 Å². The van der Waals surface area contributed by atoms with E-state index in [-0.39, 0.29) is 11.0 Å². The second kappa shape index (κ2) is 9.78. The summed E-state index contributed by atoms with van der Waals surface area (Å²) in [6, 6.07) is 16.5. The van der Waals surface area contributed by atoms with Crippen molar-refractivity contribution in [3.8, 4) is 0 Å². The topological polar surface area (TPSA) is 79.9 Å². The third-order valence-corrected chi connectivity index (χ3v) is 6.95. The maximum absolute atomic E-state index is 12.5. The fourth-order valence-electron chi connectivity index (χ4n) is 3.85. The molecule has 2 aliphatic heterocycles. The Labute approximate surface area is 178 Å². The number of benzene rings is 2. The van der Waals surface area contributed by atoms with Crippen LogP contribution in [0.4, 0.5) is 11.4 Å². The van der Waals surface area contributed by atoms with Crippen molar-refractivity contribution >= 4 is 21.4 Å². The minimum absolute atomic E-state index is 0.156. The molecule has 2 fully saturated rings. The van der Waals surface area contributed by atoms with Crippen LogP contribution in [0.25, 0.3) is 0 Å². The van der Waals surface area contributed by atoms with E-state index in [9.17, 15) is 8.42 Å². The summed E-state index contributed by atoms with van der Waals surface area (Å²) >= 11 is 0. The van der Waals surface area contributed by atoms with Gasteiger partial charge >= 0.3 is 0 Å². The van der Waals surface area contributed by atoms with E-state index in [4.69, 9.17) is 9.47 Å². The van der Waals surface area contributed by atoms with Gasteiger partial charge in [-0.05, 0) is 49.2 Å². The third-order valence-electron chi connectivity index (χ3n) is 5.55. The van der Waals surface area contributed by atoms with Crippen molar-refractivity contribution in [2.75, 3.05) is 49.1 Å². The van der Waals surface area contributed by atoms with E-state index in [1.54, 1.807) is 30.3 Å². The average Bonchev–Trinajstić information content (AvgIpc) is 2.80. The zero-order valence-corrected chi connectivity index (χ0v) is 17.8. The first-order chi connectivity index (χ1) is 14.6. The molecule has 4 rings (SSSR count). The van der Waals surface area contributed by atoms with E-state index in [0.29, 0.717) is 31.5 Å². The molecule has 30 heavy (non-hydrogen) atoms. The van der Waals surface area contributed by atoms with Gasteiger partial charge in [0.1, 0.15) is 0 Å². The number of hydrogen-bond acceptors (Lipinski definition) is 6. The van der Waals surface area contributed by atoms with Gasteiger partial charge in [0.2, 0.25) is 0 Å². The molecule has 0 bridgehead atoms. The van der Waals surface area contributed by atoms with Crippen LogP contribution in [0.2, 0.25) is 0 Å². The number of ether oxygens (including phenoxy) is 2. The van der Waals surface area contributed by atoms with Gasteiger partial charge in [-0.15, -0.1) is 0 Å². The van der Waals surface area contributed by atoms with Gasteiger partial charge in [-0.25, -0.2) is 8.42 Å². The second-order valence-electron chi connectivity index (χ2n) is 7.70. The van der Waals surface area contributed by atoms with E-state index in [2.05, 4.69) is 14.9 Å². The predicted octanol–water partition coefficient (Wildman–Crippen LogP) is 2.46. The number of rotatable bonds is 7. The van der Waals surface area contributed by atoms with Crippen molar-refractivity contribution in [2.45, 2.75) is 29.9 Å². The van der Waals surface area contributed by atoms with Crippen LogP contribution in [0.15, 0.2) is 59.5 Å². The van der Waals surface area contributed by atoms with Crippen LogP contribution in [0.3, 0.4) is 0 Å². The Hall–Kier alpha value is -2.13. The van der Waals surface area contributed by atoms with Crippen molar-refractivity contribution in [3.63, 3.8) is 0 Å². The molecule has 0 amide bonds. The van der Waals surface area contributed by atoms with Gasteiger partial charge in [-0.1, -0.05) is 18.2 Å². The number of hydrogen-bond donors (Lipinski definition) is 2.